The lowest BCUT2D eigenvalue weighted by Gasteiger charge is -2.39. The van der Waals surface area contributed by atoms with Crippen molar-refractivity contribution < 1.29 is 13.2 Å². The van der Waals surface area contributed by atoms with Crippen molar-refractivity contribution in [3.05, 3.63) is 34.9 Å². The molecule has 1 aromatic rings. The van der Waals surface area contributed by atoms with Crippen LogP contribution in [-0.4, -0.2) is 37.3 Å². The van der Waals surface area contributed by atoms with E-state index in [0.29, 0.717) is 17.1 Å². The fourth-order valence-corrected chi connectivity index (χ4v) is 4.28. The number of nitrogens with zero attached hydrogens (tertiary/aromatic N) is 1. The van der Waals surface area contributed by atoms with Gasteiger partial charge in [-0.25, -0.2) is 8.42 Å². The average Bonchev–Trinajstić information content (AvgIpc) is 2.35. The minimum Gasteiger partial charge on any atom is -0.353 e. The smallest absolute Gasteiger partial charge is 0.241 e. The minimum absolute atomic E-state index is 0.138. The fourth-order valence-electron chi connectivity index (χ4n) is 2.24. The Morgan fingerprint density at radius 3 is 2.50 bits per heavy atom. The van der Waals surface area contributed by atoms with Gasteiger partial charge in [-0.15, -0.1) is 0 Å². The van der Waals surface area contributed by atoms with Gasteiger partial charge >= 0.3 is 0 Å². The second kappa shape index (κ2) is 5.35. The van der Waals surface area contributed by atoms with E-state index in [1.165, 1.54) is 4.31 Å². The normalized spacial score (nSPS) is 19.6. The SMILES string of the molecule is CC1(C)C(=O)NCCN1S(=O)(=O)Cc1ccc(Cl)cc1. The van der Waals surface area contributed by atoms with Crippen molar-refractivity contribution in [2.24, 2.45) is 0 Å². The van der Waals surface area contributed by atoms with Gasteiger partial charge in [0.2, 0.25) is 15.9 Å². The van der Waals surface area contributed by atoms with Gasteiger partial charge in [0.05, 0.1) is 5.75 Å². The molecule has 1 aliphatic rings. The number of rotatable bonds is 3. The lowest BCUT2D eigenvalue weighted by Crippen LogP contribution is -2.63. The predicted molar refractivity (Wildman–Crippen MR) is 77.9 cm³/mol. The molecule has 1 saturated heterocycles. The quantitative estimate of drug-likeness (QED) is 0.916. The van der Waals surface area contributed by atoms with Gasteiger partial charge in [0.25, 0.3) is 0 Å². The second-order valence-electron chi connectivity index (χ2n) is 5.27. The van der Waals surface area contributed by atoms with Crippen LogP contribution in [0.1, 0.15) is 19.4 Å². The van der Waals surface area contributed by atoms with Crippen LogP contribution in [-0.2, 0) is 20.6 Å². The Balaban J connectivity index is 2.25. The summed E-state index contributed by atoms with van der Waals surface area (Å²) in [5.74, 6) is -0.413. The molecule has 0 saturated carbocycles. The lowest BCUT2D eigenvalue weighted by atomic mass is 10.0. The molecule has 0 atom stereocenters. The highest BCUT2D eigenvalue weighted by Crippen LogP contribution is 2.24. The summed E-state index contributed by atoms with van der Waals surface area (Å²) >= 11 is 5.78. The first kappa shape index (κ1) is 15.3. The van der Waals surface area contributed by atoms with Gasteiger partial charge in [-0.2, -0.15) is 4.31 Å². The minimum atomic E-state index is -3.56. The van der Waals surface area contributed by atoms with Gasteiger partial charge in [-0.1, -0.05) is 23.7 Å². The van der Waals surface area contributed by atoms with E-state index in [1.807, 2.05) is 0 Å². The third-order valence-electron chi connectivity index (χ3n) is 3.38. The molecule has 1 aromatic carbocycles. The highest BCUT2D eigenvalue weighted by molar-refractivity contribution is 7.88. The first-order valence-corrected chi connectivity index (χ1v) is 8.25. The summed E-state index contributed by atoms with van der Waals surface area (Å²) in [5, 5.41) is 3.24. The van der Waals surface area contributed by atoms with Crippen molar-refractivity contribution in [1.82, 2.24) is 9.62 Å². The van der Waals surface area contributed by atoms with Gasteiger partial charge < -0.3 is 5.32 Å². The Labute approximate surface area is 124 Å². The fraction of sp³-hybridized carbons (Fsp3) is 0.462. The predicted octanol–water partition coefficient (Wildman–Crippen LogP) is 1.38. The maximum Gasteiger partial charge on any atom is 0.241 e. The summed E-state index contributed by atoms with van der Waals surface area (Å²) in [6.07, 6.45) is 0. The number of carbonyl (C=O) groups is 1. The number of piperazine rings is 1. The Bertz CT molecular complexity index is 611. The Kier molecular flexibility index (Phi) is 4.09. The van der Waals surface area contributed by atoms with E-state index in [4.69, 9.17) is 11.6 Å². The van der Waals surface area contributed by atoms with Crippen molar-refractivity contribution in [1.29, 1.82) is 0 Å². The molecule has 0 aromatic heterocycles. The molecule has 110 valence electrons. The molecule has 7 heteroatoms. The molecule has 1 heterocycles. The average molecular weight is 317 g/mol. The highest BCUT2D eigenvalue weighted by atomic mass is 35.5. The van der Waals surface area contributed by atoms with Gasteiger partial charge in [0.15, 0.2) is 0 Å². The van der Waals surface area contributed by atoms with E-state index in [2.05, 4.69) is 5.32 Å². The number of carbonyl (C=O) groups excluding carboxylic acids is 1. The van der Waals surface area contributed by atoms with Crippen LogP contribution in [0.15, 0.2) is 24.3 Å². The Hall–Kier alpha value is -1.11. The molecule has 1 fully saturated rings. The number of amides is 1. The topological polar surface area (TPSA) is 66.5 Å². The maximum atomic E-state index is 12.5. The number of sulfonamides is 1. The zero-order valence-electron chi connectivity index (χ0n) is 11.4. The molecule has 20 heavy (non-hydrogen) atoms. The van der Waals surface area contributed by atoms with Gasteiger partial charge in [-0.3, -0.25) is 4.79 Å². The third-order valence-corrected chi connectivity index (χ3v) is 5.64. The number of hydrogen-bond donors (Lipinski definition) is 1. The molecule has 0 bridgehead atoms. The summed E-state index contributed by atoms with van der Waals surface area (Å²) < 4.78 is 26.3. The molecular weight excluding hydrogens is 300 g/mol. The van der Waals surface area contributed by atoms with E-state index in [1.54, 1.807) is 38.1 Å². The van der Waals surface area contributed by atoms with E-state index in [-0.39, 0.29) is 18.2 Å². The number of nitrogens with one attached hydrogen (secondary N) is 1. The summed E-state index contributed by atoms with van der Waals surface area (Å²) in [4.78, 5) is 11.8. The monoisotopic (exact) mass is 316 g/mol. The molecule has 0 aliphatic carbocycles. The first-order valence-electron chi connectivity index (χ1n) is 6.27. The Morgan fingerprint density at radius 2 is 1.90 bits per heavy atom. The largest absolute Gasteiger partial charge is 0.353 e. The molecule has 5 nitrogen and oxygen atoms in total. The van der Waals surface area contributed by atoms with Gasteiger partial charge in [0, 0.05) is 18.1 Å². The molecule has 0 spiro atoms. The van der Waals surface area contributed by atoms with E-state index >= 15 is 0 Å². The molecule has 1 N–H and O–H groups in total. The molecule has 2 rings (SSSR count). The van der Waals surface area contributed by atoms with Crippen LogP contribution in [0.3, 0.4) is 0 Å². The van der Waals surface area contributed by atoms with Crippen LogP contribution >= 0.6 is 11.6 Å². The summed E-state index contributed by atoms with van der Waals surface area (Å²) in [6, 6.07) is 6.66. The molecule has 1 amide bonds. The molecular formula is C13H17ClN2O3S. The van der Waals surface area contributed by atoms with Crippen LogP contribution in [0.2, 0.25) is 5.02 Å². The van der Waals surface area contributed by atoms with E-state index in [9.17, 15) is 13.2 Å². The summed E-state index contributed by atoms with van der Waals surface area (Å²) in [7, 11) is -3.56. The molecule has 0 radical (unpaired) electrons. The van der Waals surface area contributed by atoms with E-state index < -0.39 is 15.6 Å². The highest BCUT2D eigenvalue weighted by Gasteiger charge is 2.44. The number of benzene rings is 1. The van der Waals surface area contributed by atoms with Crippen LogP contribution in [0.4, 0.5) is 0 Å². The standard InChI is InChI=1S/C13H17ClN2O3S/c1-13(2)12(17)15-7-8-16(13)20(18,19)9-10-3-5-11(14)6-4-10/h3-6H,7-9H2,1-2H3,(H,15,17). The zero-order valence-corrected chi connectivity index (χ0v) is 13.0. The summed E-state index contributed by atoms with van der Waals surface area (Å²) in [6.45, 7) is 3.85. The Morgan fingerprint density at radius 1 is 1.30 bits per heavy atom. The van der Waals surface area contributed by atoms with Crippen LogP contribution in [0, 0.1) is 0 Å². The first-order chi connectivity index (χ1) is 9.23. The van der Waals surface area contributed by atoms with Crippen LogP contribution < -0.4 is 5.32 Å². The summed E-state index contributed by atoms with van der Waals surface area (Å²) in [5.41, 5.74) is -0.417. The van der Waals surface area contributed by atoms with Crippen molar-refractivity contribution >= 4 is 27.5 Å². The molecule has 0 unspecified atom stereocenters. The van der Waals surface area contributed by atoms with Gasteiger partial charge in [-0.05, 0) is 31.5 Å². The zero-order chi connectivity index (χ0) is 15.0. The van der Waals surface area contributed by atoms with Crippen molar-refractivity contribution in [3.8, 4) is 0 Å². The third kappa shape index (κ3) is 2.97. The van der Waals surface area contributed by atoms with Gasteiger partial charge in [0.1, 0.15) is 5.54 Å². The number of hydrogen-bond acceptors (Lipinski definition) is 3. The van der Waals surface area contributed by atoms with Crippen LogP contribution in [0.25, 0.3) is 0 Å². The van der Waals surface area contributed by atoms with Crippen molar-refractivity contribution in [2.45, 2.75) is 25.1 Å². The maximum absolute atomic E-state index is 12.5. The second-order valence-corrected chi connectivity index (χ2v) is 7.60. The number of halogens is 1. The lowest BCUT2D eigenvalue weighted by molar-refractivity contribution is -0.131. The van der Waals surface area contributed by atoms with Crippen LogP contribution in [0.5, 0.6) is 0 Å². The van der Waals surface area contributed by atoms with Crippen molar-refractivity contribution in [3.63, 3.8) is 0 Å². The van der Waals surface area contributed by atoms with Crippen molar-refractivity contribution in [2.75, 3.05) is 13.1 Å². The molecule has 1 aliphatic heterocycles. The van der Waals surface area contributed by atoms with E-state index in [0.717, 1.165) is 0 Å².